The Morgan fingerprint density at radius 1 is 1.32 bits per heavy atom. The number of β-amino-alcohol motifs (C(OH)–C–C–N with tert-alkyl or cyclic N) is 1. The molecule has 6 heteroatoms. The van der Waals surface area contributed by atoms with Crippen molar-refractivity contribution < 1.29 is 19.8 Å². The lowest BCUT2D eigenvalue weighted by Gasteiger charge is -2.33. The molecule has 2 saturated heterocycles. The average Bonchev–Trinajstić information content (AvgIpc) is 2.74. The molecule has 19 heavy (non-hydrogen) atoms. The Hall–Kier alpha value is -1.14. The van der Waals surface area contributed by atoms with E-state index in [0.717, 1.165) is 32.5 Å². The van der Waals surface area contributed by atoms with Gasteiger partial charge < -0.3 is 20.0 Å². The highest BCUT2D eigenvalue weighted by atomic mass is 16.4. The van der Waals surface area contributed by atoms with Crippen molar-refractivity contribution in [3.05, 3.63) is 0 Å². The zero-order valence-corrected chi connectivity index (χ0v) is 11.1. The highest BCUT2D eigenvalue weighted by Gasteiger charge is 2.35. The first-order valence-electron chi connectivity index (χ1n) is 6.94. The van der Waals surface area contributed by atoms with E-state index in [1.165, 1.54) is 0 Å². The van der Waals surface area contributed by atoms with Crippen LogP contribution in [0.15, 0.2) is 0 Å². The lowest BCUT2D eigenvalue weighted by Crippen LogP contribution is -2.40. The molecule has 0 spiro atoms. The predicted molar refractivity (Wildman–Crippen MR) is 68.6 cm³/mol. The summed E-state index contributed by atoms with van der Waals surface area (Å²) < 4.78 is 0. The van der Waals surface area contributed by atoms with Gasteiger partial charge in [0.25, 0.3) is 0 Å². The third kappa shape index (κ3) is 3.67. The van der Waals surface area contributed by atoms with Gasteiger partial charge in [-0.1, -0.05) is 0 Å². The quantitative estimate of drug-likeness (QED) is 0.712. The average molecular weight is 270 g/mol. The van der Waals surface area contributed by atoms with E-state index in [4.69, 9.17) is 10.2 Å². The van der Waals surface area contributed by atoms with Crippen molar-refractivity contribution in [1.29, 1.82) is 0 Å². The molecule has 0 radical (unpaired) electrons. The van der Waals surface area contributed by atoms with Crippen molar-refractivity contribution >= 4 is 11.9 Å². The minimum Gasteiger partial charge on any atom is -0.481 e. The number of likely N-dealkylation sites (tertiary alicyclic amines) is 2. The van der Waals surface area contributed by atoms with Crippen molar-refractivity contribution in [2.75, 3.05) is 39.3 Å². The van der Waals surface area contributed by atoms with E-state index in [1.807, 2.05) is 0 Å². The van der Waals surface area contributed by atoms with Crippen molar-refractivity contribution in [2.24, 2.45) is 11.8 Å². The molecule has 1 atom stereocenters. The topological polar surface area (TPSA) is 81.1 Å². The maximum atomic E-state index is 11.7. The van der Waals surface area contributed by atoms with Crippen LogP contribution in [0.3, 0.4) is 0 Å². The summed E-state index contributed by atoms with van der Waals surface area (Å²) in [7, 11) is 0. The van der Waals surface area contributed by atoms with Crippen LogP contribution in [-0.2, 0) is 9.59 Å². The fourth-order valence-corrected chi connectivity index (χ4v) is 2.96. The van der Waals surface area contributed by atoms with Gasteiger partial charge in [-0.25, -0.2) is 0 Å². The van der Waals surface area contributed by atoms with E-state index in [9.17, 15) is 9.59 Å². The van der Waals surface area contributed by atoms with Crippen molar-refractivity contribution in [2.45, 2.75) is 19.3 Å². The van der Waals surface area contributed by atoms with Gasteiger partial charge in [0.15, 0.2) is 0 Å². The van der Waals surface area contributed by atoms with E-state index >= 15 is 0 Å². The smallest absolute Gasteiger partial charge is 0.308 e. The van der Waals surface area contributed by atoms with Crippen LogP contribution in [0.25, 0.3) is 0 Å². The Kier molecular flexibility index (Phi) is 4.76. The van der Waals surface area contributed by atoms with Crippen LogP contribution < -0.4 is 0 Å². The molecule has 108 valence electrons. The van der Waals surface area contributed by atoms with Crippen LogP contribution in [0.2, 0.25) is 0 Å². The first-order valence-corrected chi connectivity index (χ1v) is 6.94. The molecule has 0 aromatic heterocycles. The molecule has 2 aliphatic heterocycles. The van der Waals surface area contributed by atoms with Gasteiger partial charge in [-0.15, -0.1) is 0 Å². The normalized spacial score (nSPS) is 26.1. The van der Waals surface area contributed by atoms with Gasteiger partial charge in [0.2, 0.25) is 5.91 Å². The van der Waals surface area contributed by atoms with E-state index < -0.39 is 11.9 Å². The number of aliphatic hydroxyl groups is 1. The van der Waals surface area contributed by atoms with Gasteiger partial charge >= 0.3 is 5.97 Å². The number of hydrogen-bond acceptors (Lipinski definition) is 4. The van der Waals surface area contributed by atoms with Gasteiger partial charge in [0.05, 0.1) is 12.5 Å². The molecule has 0 bridgehead atoms. The van der Waals surface area contributed by atoms with Crippen LogP contribution in [0.5, 0.6) is 0 Å². The number of carboxylic acid groups (broad SMARTS) is 1. The van der Waals surface area contributed by atoms with Gasteiger partial charge in [-0.2, -0.15) is 0 Å². The van der Waals surface area contributed by atoms with Crippen LogP contribution in [0, 0.1) is 11.8 Å². The third-order valence-electron chi connectivity index (χ3n) is 4.17. The molecule has 0 saturated carbocycles. The summed E-state index contributed by atoms with van der Waals surface area (Å²) in [6.07, 6.45) is 2.18. The first-order chi connectivity index (χ1) is 9.10. The summed E-state index contributed by atoms with van der Waals surface area (Å²) in [5.41, 5.74) is 0. The standard InChI is InChI=1S/C13H22N2O4/c16-6-5-14-3-1-10(2-4-14)8-15-9-11(13(18)19)7-12(15)17/h10-11,16H,1-9H2,(H,18,19). The molecule has 2 fully saturated rings. The highest BCUT2D eigenvalue weighted by Crippen LogP contribution is 2.23. The second-order valence-corrected chi connectivity index (χ2v) is 5.55. The Bertz CT molecular complexity index is 340. The SMILES string of the molecule is O=C(O)C1CC(=O)N(CC2CCN(CCO)CC2)C1. The minimum absolute atomic E-state index is 0.0230. The van der Waals surface area contributed by atoms with E-state index in [1.54, 1.807) is 4.90 Å². The number of piperidine rings is 1. The molecule has 2 aliphatic rings. The van der Waals surface area contributed by atoms with Crippen molar-refractivity contribution in [3.63, 3.8) is 0 Å². The number of aliphatic carboxylic acids is 1. The molecule has 1 amide bonds. The molecule has 6 nitrogen and oxygen atoms in total. The number of carboxylic acids is 1. The fraction of sp³-hybridized carbons (Fsp3) is 0.846. The molecule has 0 aromatic rings. The Morgan fingerprint density at radius 3 is 2.53 bits per heavy atom. The highest BCUT2D eigenvalue weighted by molar-refractivity contribution is 5.86. The number of carbonyl (C=O) groups is 2. The second kappa shape index (κ2) is 6.34. The zero-order chi connectivity index (χ0) is 13.8. The summed E-state index contributed by atoms with van der Waals surface area (Å²) >= 11 is 0. The van der Waals surface area contributed by atoms with Crippen LogP contribution in [0.4, 0.5) is 0 Å². The van der Waals surface area contributed by atoms with E-state index in [-0.39, 0.29) is 18.9 Å². The van der Waals surface area contributed by atoms with Gasteiger partial charge in [0, 0.05) is 26.1 Å². The molecule has 1 unspecified atom stereocenters. The maximum Gasteiger partial charge on any atom is 0.308 e. The lowest BCUT2D eigenvalue weighted by molar-refractivity contribution is -0.141. The second-order valence-electron chi connectivity index (χ2n) is 5.55. The number of amides is 1. The molecule has 2 heterocycles. The Morgan fingerprint density at radius 2 is 2.00 bits per heavy atom. The molecule has 2 N–H and O–H groups in total. The monoisotopic (exact) mass is 270 g/mol. The van der Waals surface area contributed by atoms with Crippen LogP contribution >= 0.6 is 0 Å². The Labute approximate surface area is 113 Å². The van der Waals surface area contributed by atoms with Gasteiger partial charge in [-0.05, 0) is 31.8 Å². The summed E-state index contributed by atoms with van der Waals surface area (Å²) in [6, 6.07) is 0. The number of nitrogens with zero attached hydrogens (tertiary/aromatic N) is 2. The minimum atomic E-state index is -0.867. The fourth-order valence-electron chi connectivity index (χ4n) is 2.96. The summed E-state index contributed by atoms with van der Waals surface area (Å²) in [4.78, 5) is 26.6. The summed E-state index contributed by atoms with van der Waals surface area (Å²) in [5, 5.41) is 17.8. The Balaban J connectivity index is 1.77. The third-order valence-corrected chi connectivity index (χ3v) is 4.17. The molecule has 0 aliphatic carbocycles. The molecule has 2 rings (SSSR count). The molecule has 0 aromatic carbocycles. The number of carbonyl (C=O) groups excluding carboxylic acids is 1. The number of aliphatic hydroxyl groups excluding tert-OH is 1. The van der Waals surface area contributed by atoms with E-state index in [2.05, 4.69) is 4.90 Å². The van der Waals surface area contributed by atoms with Gasteiger partial charge in [-0.3, -0.25) is 9.59 Å². The lowest BCUT2D eigenvalue weighted by atomic mass is 9.96. The summed E-state index contributed by atoms with van der Waals surface area (Å²) in [6.45, 7) is 3.87. The van der Waals surface area contributed by atoms with E-state index in [0.29, 0.717) is 19.0 Å². The zero-order valence-electron chi connectivity index (χ0n) is 11.1. The maximum absolute atomic E-state index is 11.7. The van der Waals surface area contributed by atoms with Crippen LogP contribution in [0.1, 0.15) is 19.3 Å². The number of hydrogen-bond donors (Lipinski definition) is 2. The van der Waals surface area contributed by atoms with Crippen LogP contribution in [-0.4, -0.2) is 71.2 Å². The molecular formula is C13H22N2O4. The molecular weight excluding hydrogens is 248 g/mol. The van der Waals surface area contributed by atoms with Gasteiger partial charge in [0.1, 0.15) is 0 Å². The number of rotatable bonds is 5. The largest absolute Gasteiger partial charge is 0.481 e. The summed E-state index contributed by atoms with van der Waals surface area (Å²) in [5.74, 6) is -0.952. The predicted octanol–water partition coefficient (Wildman–Crippen LogP) is -0.376. The van der Waals surface area contributed by atoms with Crippen molar-refractivity contribution in [1.82, 2.24) is 9.80 Å². The van der Waals surface area contributed by atoms with Crippen molar-refractivity contribution in [3.8, 4) is 0 Å². The first kappa shape index (κ1) is 14.3.